The second-order valence-corrected chi connectivity index (χ2v) is 8.90. The summed E-state index contributed by atoms with van der Waals surface area (Å²) < 4.78 is 0. The first kappa shape index (κ1) is 25.4. The van der Waals surface area contributed by atoms with Crippen LogP contribution in [0, 0.1) is 18.8 Å². The molecule has 0 saturated carbocycles. The Morgan fingerprint density at radius 1 is 1.14 bits per heavy atom. The van der Waals surface area contributed by atoms with E-state index < -0.39 is 24.0 Å². The highest BCUT2D eigenvalue weighted by atomic mass is 32.1. The van der Waals surface area contributed by atoms with E-state index in [2.05, 4.69) is 4.98 Å². The number of aliphatic hydroxyl groups is 2. The number of thiazole rings is 1. The van der Waals surface area contributed by atoms with Crippen LogP contribution >= 0.6 is 11.3 Å². The van der Waals surface area contributed by atoms with Crippen molar-refractivity contribution in [2.75, 3.05) is 0 Å². The highest BCUT2D eigenvalue weighted by Crippen LogP contribution is 2.20. The molecule has 0 spiro atoms. The van der Waals surface area contributed by atoms with Crippen molar-refractivity contribution in [2.24, 2.45) is 11.8 Å². The smallest absolute Gasteiger partial charge is 0.138 e. The summed E-state index contributed by atoms with van der Waals surface area (Å²) in [5.41, 5.74) is 2.73. The molecular weight excluding hydrogens is 386 g/mol. The van der Waals surface area contributed by atoms with E-state index in [0.29, 0.717) is 25.7 Å². The molecule has 162 valence electrons. The summed E-state index contributed by atoms with van der Waals surface area (Å²) in [5, 5.41) is 23.6. The van der Waals surface area contributed by atoms with Crippen LogP contribution in [-0.2, 0) is 9.59 Å². The lowest BCUT2D eigenvalue weighted by Gasteiger charge is -2.23. The third-order valence-electron chi connectivity index (χ3n) is 5.38. The molecule has 2 N–H and O–H groups in total. The molecule has 1 heterocycles. The van der Waals surface area contributed by atoms with Gasteiger partial charge in [0.15, 0.2) is 0 Å². The Balaban J connectivity index is 2.53. The predicted octanol–water partition coefficient (Wildman–Crippen LogP) is 4.51. The third kappa shape index (κ3) is 8.33. The van der Waals surface area contributed by atoms with Crippen molar-refractivity contribution in [2.45, 2.75) is 79.4 Å². The number of nitrogens with zero attached hydrogens (tertiary/aromatic N) is 1. The summed E-state index contributed by atoms with van der Waals surface area (Å²) in [4.78, 5) is 28.5. The van der Waals surface area contributed by atoms with E-state index >= 15 is 0 Å². The Bertz CT molecular complexity index is 750. The fourth-order valence-corrected chi connectivity index (χ4v) is 3.63. The lowest BCUT2D eigenvalue weighted by atomic mass is 9.85. The Morgan fingerprint density at radius 3 is 2.31 bits per heavy atom. The van der Waals surface area contributed by atoms with Crippen molar-refractivity contribution in [1.29, 1.82) is 0 Å². The number of aromatic nitrogens is 1. The summed E-state index contributed by atoms with van der Waals surface area (Å²) >= 11 is 1.58. The van der Waals surface area contributed by atoms with Gasteiger partial charge in [-0.15, -0.1) is 11.3 Å². The van der Waals surface area contributed by atoms with Crippen molar-refractivity contribution in [1.82, 2.24) is 4.98 Å². The second-order valence-electron chi connectivity index (χ2n) is 7.84. The summed E-state index contributed by atoms with van der Waals surface area (Å²) in [6, 6.07) is 0. The molecule has 0 fully saturated rings. The molecule has 4 unspecified atom stereocenters. The molecule has 6 heteroatoms. The standard InChI is InChI=1S/C23H35NO4S/c1-7-20(25)16(4)23(28)17(5)22(27)11-9-14(2)8-10-21(26)15(3)12-19-13-29-18(6)24-19/h8,12-13,16-17,21,23,26,28H,7,9-11H2,1-6H3. The number of hydrogen-bond acceptors (Lipinski definition) is 6. The average molecular weight is 422 g/mol. The molecule has 0 aliphatic carbocycles. The van der Waals surface area contributed by atoms with Crippen LogP contribution in [0.1, 0.15) is 71.0 Å². The third-order valence-corrected chi connectivity index (χ3v) is 6.17. The Hall–Kier alpha value is -1.63. The van der Waals surface area contributed by atoms with Crippen LogP contribution in [0.15, 0.2) is 22.6 Å². The number of rotatable bonds is 12. The van der Waals surface area contributed by atoms with Crippen molar-refractivity contribution in [3.63, 3.8) is 0 Å². The summed E-state index contributed by atoms with van der Waals surface area (Å²) in [6.07, 6.45) is 4.04. The molecule has 1 aromatic heterocycles. The number of allylic oxidation sites excluding steroid dienone is 1. The van der Waals surface area contributed by atoms with Gasteiger partial charge in [-0.2, -0.15) is 0 Å². The maximum absolute atomic E-state index is 12.4. The summed E-state index contributed by atoms with van der Waals surface area (Å²) in [6.45, 7) is 10.9. The molecule has 1 rings (SSSR count). The molecule has 0 saturated heterocycles. The molecule has 0 amide bonds. The van der Waals surface area contributed by atoms with Gasteiger partial charge in [0.05, 0.1) is 22.9 Å². The quantitative estimate of drug-likeness (QED) is 0.485. The second kappa shape index (κ2) is 12.2. The van der Waals surface area contributed by atoms with E-state index in [4.69, 9.17) is 0 Å². The Labute approximate surface area is 178 Å². The van der Waals surface area contributed by atoms with Gasteiger partial charge >= 0.3 is 0 Å². The van der Waals surface area contributed by atoms with Crippen LogP contribution in [0.5, 0.6) is 0 Å². The molecule has 4 atom stereocenters. The van der Waals surface area contributed by atoms with Gasteiger partial charge in [-0.25, -0.2) is 4.98 Å². The van der Waals surface area contributed by atoms with E-state index in [9.17, 15) is 19.8 Å². The van der Waals surface area contributed by atoms with Crippen LogP contribution in [0.4, 0.5) is 0 Å². The van der Waals surface area contributed by atoms with Gasteiger partial charge in [-0.05, 0) is 45.3 Å². The zero-order chi connectivity index (χ0) is 22.1. The normalized spacial score (nSPS) is 17.0. The molecule has 29 heavy (non-hydrogen) atoms. The lowest BCUT2D eigenvalue weighted by Crippen LogP contribution is -2.35. The van der Waals surface area contributed by atoms with E-state index in [1.54, 1.807) is 32.1 Å². The van der Waals surface area contributed by atoms with Gasteiger partial charge in [-0.3, -0.25) is 9.59 Å². The largest absolute Gasteiger partial charge is 0.392 e. The molecule has 1 aromatic rings. The average Bonchev–Trinajstić information content (AvgIpc) is 3.11. The van der Waals surface area contributed by atoms with Crippen molar-refractivity contribution < 1.29 is 19.8 Å². The van der Waals surface area contributed by atoms with Gasteiger partial charge in [-0.1, -0.05) is 32.4 Å². The van der Waals surface area contributed by atoms with Gasteiger partial charge in [0.25, 0.3) is 0 Å². The maximum Gasteiger partial charge on any atom is 0.138 e. The Morgan fingerprint density at radius 2 is 1.76 bits per heavy atom. The van der Waals surface area contributed by atoms with Gasteiger partial charge in [0, 0.05) is 30.1 Å². The number of carbonyl (C=O) groups is 2. The van der Waals surface area contributed by atoms with Crippen molar-refractivity contribution in [3.05, 3.63) is 33.3 Å². The first-order valence-corrected chi connectivity index (χ1v) is 11.1. The Kier molecular flexibility index (Phi) is 10.6. The van der Waals surface area contributed by atoms with E-state index in [-0.39, 0.29) is 11.6 Å². The summed E-state index contributed by atoms with van der Waals surface area (Å²) in [7, 11) is 0. The zero-order valence-corrected chi connectivity index (χ0v) is 19.3. The number of aryl methyl sites for hydroxylation is 1. The minimum absolute atomic E-state index is 0.0292. The van der Waals surface area contributed by atoms with Gasteiger partial charge in [0.2, 0.25) is 0 Å². The molecule has 0 bridgehead atoms. The SMILES string of the molecule is CCC(=O)C(C)C(O)C(C)C(=O)CCC(C)=CCC(O)C(C)=Cc1csc(C)n1. The molecule has 5 nitrogen and oxygen atoms in total. The maximum atomic E-state index is 12.4. The number of Topliss-reactive ketones (excluding diaryl/α,β-unsaturated/α-hetero) is 2. The van der Waals surface area contributed by atoms with Gasteiger partial charge < -0.3 is 10.2 Å². The first-order chi connectivity index (χ1) is 13.6. The topological polar surface area (TPSA) is 87.5 Å². The number of carbonyl (C=O) groups excluding carboxylic acids is 2. The van der Waals surface area contributed by atoms with Gasteiger partial charge in [0.1, 0.15) is 11.6 Å². The van der Waals surface area contributed by atoms with E-state index in [0.717, 1.165) is 21.8 Å². The molecular formula is C23H35NO4S. The molecule has 0 aliphatic rings. The number of ketones is 2. The fourth-order valence-electron chi connectivity index (χ4n) is 3.06. The lowest BCUT2D eigenvalue weighted by molar-refractivity contribution is -0.131. The van der Waals surface area contributed by atoms with Crippen molar-refractivity contribution >= 4 is 29.0 Å². The minimum atomic E-state index is -0.941. The summed E-state index contributed by atoms with van der Waals surface area (Å²) in [5.74, 6) is -1.16. The predicted molar refractivity (Wildman–Crippen MR) is 119 cm³/mol. The fraction of sp³-hybridized carbons (Fsp3) is 0.609. The minimum Gasteiger partial charge on any atom is -0.392 e. The van der Waals surface area contributed by atoms with E-state index in [1.807, 2.05) is 38.3 Å². The van der Waals surface area contributed by atoms with E-state index in [1.165, 1.54) is 0 Å². The highest BCUT2D eigenvalue weighted by molar-refractivity contribution is 7.09. The first-order valence-electron chi connectivity index (χ1n) is 10.2. The van der Waals surface area contributed by atoms with Crippen molar-refractivity contribution in [3.8, 4) is 0 Å². The van der Waals surface area contributed by atoms with Crippen LogP contribution in [0.3, 0.4) is 0 Å². The molecule has 0 radical (unpaired) electrons. The van der Waals surface area contributed by atoms with Crippen LogP contribution < -0.4 is 0 Å². The monoisotopic (exact) mass is 421 g/mol. The number of hydrogen-bond donors (Lipinski definition) is 2. The molecule has 0 aliphatic heterocycles. The van der Waals surface area contributed by atoms with Crippen LogP contribution in [0.2, 0.25) is 0 Å². The van der Waals surface area contributed by atoms with Crippen LogP contribution in [0.25, 0.3) is 6.08 Å². The van der Waals surface area contributed by atoms with Crippen LogP contribution in [-0.4, -0.2) is 39.0 Å². The number of aliphatic hydroxyl groups excluding tert-OH is 2. The highest BCUT2D eigenvalue weighted by Gasteiger charge is 2.29. The molecule has 0 aromatic carbocycles. The zero-order valence-electron chi connectivity index (χ0n) is 18.4.